The molecule has 2 N–H and O–H groups in total. The molecular weight excluding hydrogens is 214 g/mol. The van der Waals surface area contributed by atoms with Gasteiger partial charge in [0.15, 0.2) is 5.78 Å². The van der Waals surface area contributed by atoms with Gasteiger partial charge in [0, 0.05) is 0 Å². The molecule has 0 atom stereocenters. The quantitative estimate of drug-likeness (QED) is 0.635. The van der Waals surface area contributed by atoms with Crippen molar-refractivity contribution in [3.05, 3.63) is 36.9 Å². The van der Waals surface area contributed by atoms with Gasteiger partial charge in [-0.15, -0.1) is 0 Å². The molecule has 0 radical (unpaired) electrons. The van der Waals surface area contributed by atoms with E-state index in [2.05, 4.69) is 6.58 Å². The van der Waals surface area contributed by atoms with E-state index in [9.17, 15) is 4.79 Å². The van der Waals surface area contributed by atoms with Crippen LogP contribution in [-0.4, -0.2) is 10.4 Å². The molecule has 4 heteroatoms. The van der Waals surface area contributed by atoms with E-state index in [-0.39, 0.29) is 5.78 Å². The van der Waals surface area contributed by atoms with Crippen molar-refractivity contribution in [1.29, 1.82) is 0 Å². The topological polar surface area (TPSA) is 51.9 Å². The first-order valence-electron chi connectivity index (χ1n) is 5.52. The molecule has 0 aliphatic carbocycles. The molecule has 2 rings (SSSR count). The number of imidazole rings is 1. The summed E-state index contributed by atoms with van der Waals surface area (Å²) >= 11 is 0. The molecule has 0 spiro atoms. The number of aromatic nitrogens is 2. The van der Waals surface area contributed by atoms with Crippen molar-refractivity contribution >= 4 is 22.8 Å². The number of allylic oxidation sites excluding steroid dienone is 1. The molecule has 4 nitrogen and oxygen atoms in total. The number of hydrogen-bond acceptors (Lipinski definition) is 2. The predicted molar refractivity (Wildman–Crippen MR) is 67.4 cm³/mol. The molecule has 0 amide bonds. The Bertz CT molecular complexity index is 584. The molecule has 2 aromatic rings. The Hall–Kier alpha value is -2.10. The van der Waals surface area contributed by atoms with E-state index in [0.29, 0.717) is 19.0 Å². The minimum atomic E-state index is 0.0863. The third-order valence-electron chi connectivity index (χ3n) is 2.71. The van der Waals surface area contributed by atoms with Crippen LogP contribution in [0.4, 0.5) is 5.95 Å². The van der Waals surface area contributed by atoms with Crippen LogP contribution in [0.3, 0.4) is 0 Å². The Kier molecular flexibility index (Phi) is 2.95. The number of fused-ring (bicyclic) bond motifs is 1. The van der Waals surface area contributed by atoms with Crippen LogP contribution >= 0.6 is 0 Å². The number of nitrogens with zero attached hydrogens (tertiary/aromatic N) is 2. The lowest BCUT2D eigenvalue weighted by atomic mass is 10.3. The van der Waals surface area contributed by atoms with Gasteiger partial charge in [-0.25, -0.2) is 9.13 Å². The summed E-state index contributed by atoms with van der Waals surface area (Å²) < 4.78 is 3.78. The largest absolute Gasteiger partial charge is 0.356 e. The minimum absolute atomic E-state index is 0.0863. The van der Waals surface area contributed by atoms with Gasteiger partial charge in [-0.3, -0.25) is 10.5 Å². The minimum Gasteiger partial charge on any atom is -0.296 e. The van der Waals surface area contributed by atoms with Crippen molar-refractivity contribution in [1.82, 2.24) is 4.57 Å². The van der Waals surface area contributed by atoms with E-state index >= 15 is 0 Å². The van der Waals surface area contributed by atoms with Crippen molar-refractivity contribution in [3.8, 4) is 0 Å². The molecule has 0 saturated heterocycles. The summed E-state index contributed by atoms with van der Waals surface area (Å²) in [4.78, 5) is 11.3. The molecular formula is C13H16N3O+. The van der Waals surface area contributed by atoms with Gasteiger partial charge in [0.25, 0.3) is 0 Å². The fourth-order valence-corrected chi connectivity index (χ4v) is 2.02. The van der Waals surface area contributed by atoms with Gasteiger partial charge < -0.3 is 0 Å². The number of para-hydroxylation sites is 2. The molecule has 17 heavy (non-hydrogen) atoms. The van der Waals surface area contributed by atoms with Gasteiger partial charge >= 0.3 is 5.95 Å². The zero-order chi connectivity index (χ0) is 12.4. The van der Waals surface area contributed by atoms with Gasteiger partial charge in [0.05, 0.1) is 6.54 Å². The van der Waals surface area contributed by atoms with Gasteiger partial charge in [0.1, 0.15) is 17.6 Å². The highest BCUT2D eigenvalue weighted by Gasteiger charge is 2.20. The second-order valence-electron chi connectivity index (χ2n) is 4.03. The zero-order valence-electron chi connectivity index (χ0n) is 9.89. The van der Waals surface area contributed by atoms with Gasteiger partial charge in [0.2, 0.25) is 0 Å². The first-order chi connectivity index (χ1) is 8.15. The third-order valence-corrected chi connectivity index (χ3v) is 2.71. The molecule has 1 aromatic heterocycles. The summed E-state index contributed by atoms with van der Waals surface area (Å²) in [5.41, 5.74) is 8.07. The number of carbonyl (C=O) groups excluding carboxylic acids is 1. The molecule has 0 fully saturated rings. The normalized spacial score (nSPS) is 10.6. The maximum Gasteiger partial charge on any atom is 0.356 e. The van der Waals surface area contributed by atoms with Gasteiger partial charge in [-0.2, -0.15) is 0 Å². The number of anilines is 1. The van der Waals surface area contributed by atoms with Crippen LogP contribution in [0.15, 0.2) is 36.9 Å². The van der Waals surface area contributed by atoms with Crippen LogP contribution < -0.4 is 10.3 Å². The summed E-state index contributed by atoms with van der Waals surface area (Å²) in [6.45, 7) is 6.22. The molecule has 1 heterocycles. The molecule has 0 unspecified atom stereocenters. The highest BCUT2D eigenvalue weighted by atomic mass is 16.1. The number of Topliss-reactive ketones (excluding diaryl/α,β-unsaturated/α-hetero) is 1. The van der Waals surface area contributed by atoms with Crippen LogP contribution in [0.25, 0.3) is 11.0 Å². The van der Waals surface area contributed by atoms with Crippen LogP contribution in [0.1, 0.15) is 6.92 Å². The highest BCUT2D eigenvalue weighted by molar-refractivity contribution is 5.77. The van der Waals surface area contributed by atoms with Crippen molar-refractivity contribution < 1.29 is 9.36 Å². The first kappa shape index (κ1) is 11.4. The second kappa shape index (κ2) is 4.41. The third kappa shape index (κ3) is 1.93. The lowest BCUT2D eigenvalue weighted by Gasteiger charge is -1.97. The molecule has 1 aromatic carbocycles. The van der Waals surface area contributed by atoms with Crippen molar-refractivity contribution in [3.63, 3.8) is 0 Å². The Morgan fingerprint density at radius 2 is 2.24 bits per heavy atom. The summed E-state index contributed by atoms with van der Waals surface area (Å²) in [5, 5.41) is 0. The predicted octanol–water partition coefficient (Wildman–Crippen LogP) is 1.29. The number of benzene rings is 1. The monoisotopic (exact) mass is 230 g/mol. The van der Waals surface area contributed by atoms with E-state index in [0.717, 1.165) is 11.0 Å². The fraction of sp³-hybridized carbons (Fsp3) is 0.231. The summed E-state index contributed by atoms with van der Waals surface area (Å²) in [6, 6.07) is 7.86. The Labute approximate surface area is 100.0 Å². The van der Waals surface area contributed by atoms with E-state index in [1.165, 1.54) is 0 Å². The maximum absolute atomic E-state index is 11.3. The second-order valence-corrected chi connectivity index (χ2v) is 4.03. The standard InChI is InChI=1S/C13H15N3O/c1-3-8-15-11-6-4-5-7-12(11)16(13(15)14)9-10(2)17/h3-7,14H,1,8-9H2,2H3/p+1. The number of rotatable bonds is 4. The van der Waals surface area contributed by atoms with Crippen molar-refractivity contribution in [2.45, 2.75) is 20.0 Å². The number of hydrogen-bond donors (Lipinski definition) is 1. The summed E-state index contributed by atoms with van der Waals surface area (Å²) in [6.07, 6.45) is 1.79. The van der Waals surface area contributed by atoms with E-state index in [1.54, 1.807) is 13.0 Å². The maximum atomic E-state index is 11.3. The SMILES string of the molecule is C=CCn1c(N)[n+](CC(C)=O)c2ccccc21. The Morgan fingerprint density at radius 1 is 1.53 bits per heavy atom. The van der Waals surface area contributed by atoms with Crippen LogP contribution in [0.2, 0.25) is 0 Å². The first-order valence-corrected chi connectivity index (χ1v) is 5.52. The average molecular weight is 230 g/mol. The van der Waals surface area contributed by atoms with E-state index < -0.39 is 0 Å². The van der Waals surface area contributed by atoms with Crippen LogP contribution in [-0.2, 0) is 17.9 Å². The highest BCUT2D eigenvalue weighted by Crippen LogP contribution is 2.15. The molecule has 0 saturated carbocycles. The number of nitrogen functional groups attached to an aromatic ring is 1. The van der Waals surface area contributed by atoms with Crippen LogP contribution in [0, 0.1) is 0 Å². The average Bonchev–Trinajstić information content (AvgIpc) is 2.55. The lowest BCUT2D eigenvalue weighted by Crippen LogP contribution is -2.39. The number of nitrogens with two attached hydrogens (primary N) is 1. The fourth-order valence-electron chi connectivity index (χ4n) is 2.02. The van der Waals surface area contributed by atoms with Gasteiger partial charge in [-0.05, 0) is 19.1 Å². The van der Waals surface area contributed by atoms with E-state index in [1.807, 2.05) is 33.4 Å². The Morgan fingerprint density at radius 3 is 2.88 bits per heavy atom. The van der Waals surface area contributed by atoms with Crippen molar-refractivity contribution in [2.24, 2.45) is 0 Å². The summed E-state index contributed by atoms with van der Waals surface area (Å²) in [5.74, 6) is 0.671. The van der Waals surface area contributed by atoms with E-state index in [4.69, 9.17) is 5.73 Å². The molecule has 88 valence electrons. The molecule has 0 aliphatic rings. The lowest BCUT2D eigenvalue weighted by molar-refractivity contribution is -0.643. The molecule has 0 aliphatic heterocycles. The molecule has 0 bridgehead atoms. The number of ketones is 1. The Balaban J connectivity index is 2.69. The zero-order valence-corrected chi connectivity index (χ0v) is 9.89. The van der Waals surface area contributed by atoms with Crippen molar-refractivity contribution in [2.75, 3.05) is 5.73 Å². The smallest absolute Gasteiger partial charge is 0.296 e. The summed E-state index contributed by atoms with van der Waals surface area (Å²) in [7, 11) is 0. The van der Waals surface area contributed by atoms with Crippen LogP contribution in [0.5, 0.6) is 0 Å². The van der Waals surface area contributed by atoms with Gasteiger partial charge in [-0.1, -0.05) is 24.8 Å². The number of carbonyl (C=O) groups is 1.